The fourth-order valence-electron chi connectivity index (χ4n) is 1.74. The number of nitrogens with one attached hydrogen (secondary N) is 1. The highest BCUT2D eigenvalue weighted by molar-refractivity contribution is 7.99. The van der Waals surface area contributed by atoms with Crippen molar-refractivity contribution in [3.63, 3.8) is 0 Å². The van der Waals surface area contributed by atoms with Crippen molar-refractivity contribution < 1.29 is 0 Å². The van der Waals surface area contributed by atoms with Crippen molar-refractivity contribution in [2.75, 3.05) is 17.6 Å². The van der Waals surface area contributed by atoms with Gasteiger partial charge in [0.05, 0.1) is 0 Å². The standard InChI is InChI=1S/C13H19N5S/c1-9-10(2)16-11(3)17-12(9)14-6-8-19-13-15-5-7-18(13)4/h5,7H,6,8H2,1-4H3,(H,14,16,17). The van der Waals surface area contributed by atoms with Crippen LogP contribution in [0, 0.1) is 20.8 Å². The minimum absolute atomic E-state index is 0.808. The molecule has 2 rings (SSSR count). The first kappa shape index (κ1) is 13.9. The van der Waals surface area contributed by atoms with Gasteiger partial charge in [0.1, 0.15) is 11.6 Å². The molecule has 0 bridgehead atoms. The Morgan fingerprint density at radius 2 is 2.05 bits per heavy atom. The van der Waals surface area contributed by atoms with E-state index in [0.717, 1.165) is 40.4 Å². The first-order chi connectivity index (χ1) is 9.08. The molecule has 2 aromatic rings. The summed E-state index contributed by atoms with van der Waals surface area (Å²) >= 11 is 1.73. The van der Waals surface area contributed by atoms with Gasteiger partial charge in [-0.25, -0.2) is 15.0 Å². The number of anilines is 1. The molecule has 0 aliphatic carbocycles. The van der Waals surface area contributed by atoms with Gasteiger partial charge < -0.3 is 9.88 Å². The molecule has 0 atom stereocenters. The molecule has 2 heterocycles. The molecule has 0 fully saturated rings. The van der Waals surface area contributed by atoms with Gasteiger partial charge in [-0.3, -0.25) is 0 Å². The van der Waals surface area contributed by atoms with Crippen LogP contribution in [0.25, 0.3) is 0 Å². The van der Waals surface area contributed by atoms with Crippen molar-refractivity contribution in [1.82, 2.24) is 19.5 Å². The molecule has 0 aromatic carbocycles. The van der Waals surface area contributed by atoms with E-state index in [9.17, 15) is 0 Å². The lowest BCUT2D eigenvalue weighted by molar-refractivity contribution is 0.790. The van der Waals surface area contributed by atoms with Gasteiger partial charge in [0.15, 0.2) is 5.16 Å². The maximum Gasteiger partial charge on any atom is 0.167 e. The Bertz CT molecular complexity index is 564. The predicted molar refractivity (Wildman–Crippen MR) is 78.7 cm³/mol. The van der Waals surface area contributed by atoms with Crippen molar-refractivity contribution in [3.8, 4) is 0 Å². The number of aryl methyl sites for hydroxylation is 3. The van der Waals surface area contributed by atoms with Gasteiger partial charge >= 0.3 is 0 Å². The number of imidazole rings is 1. The van der Waals surface area contributed by atoms with Gasteiger partial charge in [0, 0.05) is 43.0 Å². The lowest BCUT2D eigenvalue weighted by atomic mass is 10.2. The third kappa shape index (κ3) is 3.47. The van der Waals surface area contributed by atoms with Gasteiger partial charge in [0.25, 0.3) is 0 Å². The van der Waals surface area contributed by atoms with Crippen molar-refractivity contribution in [1.29, 1.82) is 0 Å². The van der Waals surface area contributed by atoms with Gasteiger partial charge in [-0.15, -0.1) is 0 Å². The smallest absolute Gasteiger partial charge is 0.167 e. The molecule has 0 amide bonds. The molecule has 0 radical (unpaired) electrons. The number of hydrogen-bond acceptors (Lipinski definition) is 5. The quantitative estimate of drug-likeness (QED) is 0.671. The first-order valence-corrected chi connectivity index (χ1v) is 7.22. The van der Waals surface area contributed by atoms with Gasteiger partial charge in [-0.2, -0.15) is 0 Å². The summed E-state index contributed by atoms with van der Waals surface area (Å²) in [6, 6.07) is 0. The van der Waals surface area contributed by atoms with E-state index in [4.69, 9.17) is 0 Å². The Morgan fingerprint density at radius 3 is 2.74 bits per heavy atom. The predicted octanol–water partition coefficient (Wildman–Crippen LogP) is 2.34. The maximum absolute atomic E-state index is 4.43. The van der Waals surface area contributed by atoms with E-state index < -0.39 is 0 Å². The van der Waals surface area contributed by atoms with E-state index >= 15 is 0 Å². The highest BCUT2D eigenvalue weighted by Gasteiger charge is 2.05. The average Bonchev–Trinajstić information content (AvgIpc) is 2.76. The fourth-order valence-corrected chi connectivity index (χ4v) is 2.53. The molecule has 0 saturated carbocycles. The second kappa shape index (κ2) is 6.06. The maximum atomic E-state index is 4.43. The summed E-state index contributed by atoms with van der Waals surface area (Å²) in [7, 11) is 2.00. The van der Waals surface area contributed by atoms with E-state index in [1.807, 2.05) is 44.8 Å². The van der Waals surface area contributed by atoms with Crippen molar-refractivity contribution in [3.05, 3.63) is 29.5 Å². The van der Waals surface area contributed by atoms with Crippen molar-refractivity contribution >= 4 is 17.6 Å². The fraction of sp³-hybridized carbons (Fsp3) is 0.462. The molecular weight excluding hydrogens is 258 g/mol. The molecule has 2 aromatic heterocycles. The normalized spacial score (nSPS) is 10.7. The Labute approximate surface area is 117 Å². The van der Waals surface area contributed by atoms with Crippen LogP contribution in [0.4, 0.5) is 5.82 Å². The van der Waals surface area contributed by atoms with Gasteiger partial charge in [-0.05, 0) is 20.8 Å². The summed E-state index contributed by atoms with van der Waals surface area (Å²) in [5, 5.41) is 4.40. The van der Waals surface area contributed by atoms with Crippen LogP contribution in [-0.2, 0) is 7.05 Å². The molecule has 5 nitrogen and oxygen atoms in total. The van der Waals surface area contributed by atoms with Gasteiger partial charge in [0.2, 0.25) is 0 Å². The summed E-state index contributed by atoms with van der Waals surface area (Å²) in [5.74, 6) is 2.69. The molecule has 102 valence electrons. The van der Waals surface area contributed by atoms with Crippen LogP contribution in [0.3, 0.4) is 0 Å². The lowest BCUT2D eigenvalue weighted by Gasteiger charge is -2.10. The third-order valence-electron chi connectivity index (χ3n) is 2.90. The molecule has 0 spiro atoms. The zero-order valence-electron chi connectivity index (χ0n) is 11.8. The van der Waals surface area contributed by atoms with Crippen LogP contribution >= 0.6 is 11.8 Å². The van der Waals surface area contributed by atoms with E-state index in [2.05, 4.69) is 20.3 Å². The van der Waals surface area contributed by atoms with E-state index in [0.29, 0.717) is 0 Å². The minimum Gasteiger partial charge on any atom is -0.369 e. The Morgan fingerprint density at radius 1 is 1.26 bits per heavy atom. The zero-order chi connectivity index (χ0) is 13.8. The summed E-state index contributed by atoms with van der Waals surface area (Å²) in [6.07, 6.45) is 3.77. The van der Waals surface area contributed by atoms with Crippen molar-refractivity contribution in [2.24, 2.45) is 7.05 Å². The first-order valence-electron chi connectivity index (χ1n) is 6.23. The second-order valence-electron chi connectivity index (χ2n) is 4.43. The Kier molecular flexibility index (Phi) is 4.42. The average molecular weight is 277 g/mol. The Hall–Kier alpha value is -1.56. The number of hydrogen-bond donors (Lipinski definition) is 1. The molecule has 0 unspecified atom stereocenters. The Balaban J connectivity index is 1.88. The largest absolute Gasteiger partial charge is 0.369 e. The zero-order valence-corrected chi connectivity index (χ0v) is 12.6. The number of rotatable bonds is 5. The van der Waals surface area contributed by atoms with Crippen LogP contribution in [0.5, 0.6) is 0 Å². The molecule has 0 saturated heterocycles. The van der Waals surface area contributed by atoms with Crippen LogP contribution < -0.4 is 5.32 Å². The molecule has 6 heteroatoms. The van der Waals surface area contributed by atoms with E-state index in [1.165, 1.54) is 0 Å². The molecule has 1 N–H and O–H groups in total. The van der Waals surface area contributed by atoms with Crippen molar-refractivity contribution in [2.45, 2.75) is 25.9 Å². The number of thioether (sulfide) groups is 1. The molecule has 19 heavy (non-hydrogen) atoms. The third-order valence-corrected chi connectivity index (χ3v) is 3.96. The second-order valence-corrected chi connectivity index (χ2v) is 5.49. The summed E-state index contributed by atoms with van der Waals surface area (Å²) in [6.45, 7) is 6.83. The highest BCUT2D eigenvalue weighted by Crippen LogP contribution is 2.16. The highest BCUT2D eigenvalue weighted by atomic mass is 32.2. The van der Waals surface area contributed by atoms with E-state index in [1.54, 1.807) is 11.8 Å². The number of nitrogens with zero attached hydrogens (tertiary/aromatic N) is 4. The number of aromatic nitrogens is 4. The van der Waals surface area contributed by atoms with Crippen LogP contribution in [0.15, 0.2) is 17.6 Å². The summed E-state index contributed by atoms with van der Waals surface area (Å²) < 4.78 is 2.02. The monoisotopic (exact) mass is 277 g/mol. The SMILES string of the molecule is Cc1nc(C)c(C)c(NCCSc2nccn2C)n1. The lowest BCUT2D eigenvalue weighted by Crippen LogP contribution is -2.10. The van der Waals surface area contributed by atoms with Crippen LogP contribution in [0.1, 0.15) is 17.1 Å². The summed E-state index contributed by atoms with van der Waals surface area (Å²) in [4.78, 5) is 13.1. The molecular formula is C13H19N5S. The van der Waals surface area contributed by atoms with Gasteiger partial charge in [-0.1, -0.05) is 11.8 Å². The molecule has 0 aliphatic rings. The topological polar surface area (TPSA) is 55.6 Å². The summed E-state index contributed by atoms with van der Waals surface area (Å²) in [5.41, 5.74) is 2.15. The van der Waals surface area contributed by atoms with Crippen LogP contribution in [-0.4, -0.2) is 31.8 Å². The van der Waals surface area contributed by atoms with E-state index in [-0.39, 0.29) is 0 Å². The molecule has 0 aliphatic heterocycles. The van der Waals surface area contributed by atoms with Crippen LogP contribution in [0.2, 0.25) is 0 Å². The minimum atomic E-state index is 0.808.